The number of rotatable bonds is 5. The van der Waals surface area contributed by atoms with Crippen LogP contribution in [0.5, 0.6) is 5.75 Å². The van der Waals surface area contributed by atoms with Crippen LogP contribution in [-0.2, 0) is 0 Å². The maximum absolute atomic E-state index is 12.7. The van der Waals surface area contributed by atoms with Crippen molar-refractivity contribution in [3.63, 3.8) is 0 Å². The maximum atomic E-state index is 12.7. The summed E-state index contributed by atoms with van der Waals surface area (Å²) in [7, 11) is 0. The van der Waals surface area contributed by atoms with E-state index in [2.05, 4.69) is 13.8 Å². The van der Waals surface area contributed by atoms with E-state index in [-0.39, 0.29) is 30.5 Å². The molecule has 2 N–H and O–H groups in total. The summed E-state index contributed by atoms with van der Waals surface area (Å²) in [5.41, 5.74) is 6.56. The second-order valence-electron chi connectivity index (χ2n) is 6.38. The summed E-state index contributed by atoms with van der Waals surface area (Å²) in [5, 5.41) is 0. The van der Waals surface area contributed by atoms with E-state index in [1.807, 2.05) is 36.1 Å². The predicted octanol–water partition coefficient (Wildman–Crippen LogP) is 3.49. The van der Waals surface area contributed by atoms with E-state index in [4.69, 9.17) is 10.5 Å². The number of halogens is 1. The van der Waals surface area contributed by atoms with Gasteiger partial charge in [0.1, 0.15) is 5.75 Å². The Kier molecular flexibility index (Phi) is 7.86. The van der Waals surface area contributed by atoms with E-state index < -0.39 is 0 Å². The van der Waals surface area contributed by atoms with Crippen molar-refractivity contribution in [2.75, 3.05) is 13.1 Å². The van der Waals surface area contributed by atoms with Crippen LogP contribution in [0.25, 0.3) is 0 Å². The van der Waals surface area contributed by atoms with Gasteiger partial charge in [0.05, 0.1) is 6.10 Å². The molecule has 23 heavy (non-hydrogen) atoms. The molecule has 0 aliphatic carbocycles. The van der Waals surface area contributed by atoms with Crippen LogP contribution in [0.3, 0.4) is 0 Å². The lowest BCUT2D eigenvalue weighted by Crippen LogP contribution is -2.49. The molecule has 0 bridgehead atoms. The largest absolute Gasteiger partial charge is 0.491 e. The lowest BCUT2D eigenvalue weighted by molar-refractivity contribution is 0.0573. The van der Waals surface area contributed by atoms with Crippen LogP contribution in [0.4, 0.5) is 0 Å². The smallest absolute Gasteiger partial charge is 0.254 e. The zero-order chi connectivity index (χ0) is 16.1. The Hall–Kier alpha value is -1.26. The van der Waals surface area contributed by atoms with Crippen LogP contribution < -0.4 is 10.5 Å². The first-order valence-corrected chi connectivity index (χ1v) is 8.32. The summed E-state index contributed by atoms with van der Waals surface area (Å²) in [4.78, 5) is 14.6. The molecule has 1 heterocycles. The molecule has 1 saturated heterocycles. The molecule has 1 fully saturated rings. The minimum atomic E-state index is 0. The molecule has 3 atom stereocenters. The normalized spacial score (nSPS) is 22.2. The number of nitrogens with zero attached hydrogens (tertiary/aromatic N) is 1. The molecule has 130 valence electrons. The summed E-state index contributed by atoms with van der Waals surface area (Å²) < 4.78 is 5.76. The van der Waals surface area contributed by atoms with Crippen molar-refractivity contribution in [1.82, 2.24) is 4.90 Å². The molecule has 1 aromatic carbocycles. The van der Waals surface area contributed by atoms with Gasteiger partial charge >= 0.3 is 0 Å². The van der Waals surface area contributed by atoms with Gasteiger partial charge in [-0.3, -0.25) is 4.79 Å². The first-order valence-electron chi connectivity index (χ1n) is 8.32. The third kappa shape index (κ3) is 5.11. The minimum absolute atomic E-state index is 0. The SMILES string of the molecule is CCC(C)Oc1ccc(C(=O)N2CCC(C)CC2CN)cc1.Cl. The highest BCUT2D eigenvalue weighted by Crippen LogP contribution is 2.24. The van der Waals surface area contributed by atoms with Gasteiger partial charge in [-0.25, -0.2) is 0 Å². The Morgan fingerprint density at radius 2 is 2.04 bits per heavy atom. The number of amides is 1. The van der Waals surface area contributed by atoms with E-state index in [1.54, 1.807) is 0 Å². The Labute approximate surface area is 145 Å². The fourth-order valence-corrected chi connectivity index (χ4v) is 2.90. The van der Waals surface area contributed by atoms with Gasteiger partial charge in [0.15, 0.2) is 0 Å². The average molecular weight is 341 g/mol. The monoisotopic (exact) mass is 340 g/mol. The van der Waals surface area contributed by atoms with Crippen LogP contribution in [0.2, 0.25) is 0 Å². The average Bonchev–Trinajstić information content (AvgIpc) is 2.54. The van der Waals surface area contributed by atoms with Crippen LogP contribution in [0.1, 0.15) is 50.4 Å². The molecule has 1 aromatic rings. The van der Waals surface area contributed by atoms with Crippen molar-refractivity contribution < 1.29 is 9.53 Å². The van der Waals surface area contributed by atoms with Crippen molar-refractivity contribution >= 4 is 18.3 Å². The number of likely N-dealkylation sites (tertiary alicyclic amines) is 1. The van der Waals surface area contributed by atoms with Gasteiger partial charge in [-0.1, -0.05) is 13.8 Å². The molecular formula is C18H29ClN2O2. The van der Waals surface area contributed by atoms with E-state index >= 15 is 0 Å². The summed E-state index contributed by atoms with van der Waals surface area (Å²) >= 11 is 0. The highest BCUT2D eigenvalue weighted by Gasteiger charge is 2.29. The third-order valence-electron chi connectivity index (χ3n) is 4.52. The van der Waals surface area contributed by atoms with Gasteiger partial charge in [-0.2, -0.15) is 0 Å². The van der Waals surface area contributed by atoms with Crippen molar-refractivity contribution in [3.8, 4) is 5.75 Å². The Morgan fingerprint density at radius 1 is 1.39 bits per heavy atom. The number of hydrogen-bond donors (Lipinski definition) is 1. The fraction of sp³-hybridized carbons (Fsp3) is 0.611. The van der Waals surface area contributed by atoms with E-state index in [0.717, 1.165) is 31.6 Å². The van der Waals surface area contributed by atoms with Gasteiger partial charge in [-0.15, -0.1) is 12.4 Å². The molecule has 5 heteroatoms. The van der Waals surface area contributed by atoms with Gasteiger partial charge < -0.3 is 15.4 Å². The number of benzene rings is 1. The molecule has 0 aromatic heterocycles. The molecule has 3 unspecified atom stereocenters. The number of hydrogen-bond acceptors (Lipinski definition) is 3. The van der Waals surface area contributed by atoms with Crippen molar-refractivity contribution in [1.29, 1.82) is 0 Å². The summed E-state index contributed by atoms with van der Waals surface area (Å²) in [5.74, 6) is 1.54. The molecule has 2 rings (SSSR count). The summed E-state index contributed by atoms with van der Waals surface area (Å²) in [6.45, 7) is 7.69. The molecule has 1 aliphatic rings. The van der Waals surface area contributed by atoms with Crippen molar-refractivity contribution in [3.05, 3.63) is 29.8 Å². The summed E-state index contributed by atoms with van der Waals surface area (Å²) in [6.07, 6.45) is 3.20. The second-order valence-corrected chi connectivity index (χ2v) is 6.38. The van der Waals surface area contributed by atoms with E-state index in [9.17, 15) is 4.79 Å². The quantitative estimate of drug-likeness (QED) is 0.892. The number of carbonyl (C=O) groups is 1. The van der Waals surface area contributed by atoms with Crippen LogP contribution in [-0.4, -0.2) is 36.0 Å². The van der Waals surface area contributed by atoms with Gasteiger partial charge in [0.25, 0.3) is 5.91 Å². The Balaban J connectivity index is 0.00000264. The first-order chi connectivity index (χ1) is 10.5. The molecule has 1 amide bonds. The zero-order valence-electron chi connectivity index (χ0n) is 14.3. The second kappa shape index (κ2) is 9.14. The standard InChI is InChI=1S/C18H28N2O2.ClH/c1-4-14(3)22-17-7-5-15(6-8-17)18(21)20-10-9-13(2)11-16(20)12-19;/h5-8,13-14,16H,4,9-12,19H2,1-3H3;1H. The number of nitrogens with two attached hydrogens (primary N) is 1. The lowest BCUT2D eigenvalue weighted by atomic mass is 9.92. The third-order valence-corrected chi connectivity index (χ3v) is 4.52. The van der Waals surface area contributed by atoms with Crippen molar-refractivity contribution in [2.24, 2.45) is 11.7 Å². The van der Waals surface area contributed by atoms with Crippen LogP contribution >= 0.6 is 12.4 Å². The Morgan fingerprint density at radius 3 is 2.61 bits per heavy atom. The summed E-state index contributed by atoms with van der Waals surface area (Å²) in [6, 6.07) is 7.62. The predicted molar refractivity (Wildman–Crippen MR) is 96.3 cm³/mol. The molecule has 4 nitrogen and oxygen atoms in total. The number of piperidine rings is 1. The highest BCUT2D eigenvalue weighted by molar-refractivity contribution is 5.94. The molecular weight excluding hydrogens is 312 g/mol. The van der Waals surface area contributed by atoms with E-state index in [0.29, 0.717) is 18.0 Å². The minimum Gasteiger partial charge on any atom is -0.491 e. The van der Waals surface area contributed by atoms with Crippen LogP contribution in [0, 0.1) is 5.92 Å². The molecule has 0 spiro atoms. The topological polar surface area (TPSA) is 55.6 Å². The number of ether oxygens (including phenoxy) is 1. The maximum Gasteiger partial charge on any atom is 0.254 e. The molecule has 0 saturated carbocycles. The van der Waals surface area contributed by atoms with Gasteiger partial charge in [-0.05, 0) is 56.4 Å². The fourth-order valence-electron chi connectivity index (χ4n) is 2.90. The first kappa shape index (κ1) is 19.8. The van der Waals surface area contributed by atoms with Gasteiger partial charge in [0, 0.05) is 24.7 Å². The molecule has 0 radical (unpaired) electrons. The van der Waals surface area contributed by atoms with E-state index in [1.165, 1.54) is 0 Å². The van der Waals surface area contributed by atoms with Crippen LogP contribution in [0.15, 0.2) is 24.3 Å². The lowest BCUT2D eigenvalue weighted by Gasteiger charge is -2.38. The number of carbonyl (C=O) groups excluding carboxylic acids is 1. The zero-order valence-corrected chi connectivity index (χ0v) is 15.1. The van der Waals surface area contributed by atoms with Gasteiger partial charge in [0.2, 0.25) is 0 Å². The van der Waals surface area contributed by atoms with Crippen molar-refractivity contribution in [2.45, 2.75) is 52.2 Å². The highest BCUT2D eigenvalue weighted by atomic mass is 35.5. The molecule has 1 aliphatic heterocycles. The Bertz CT molecular complexity index is 492.